The number of aliphatic carboxylic acids is 1. The Morgan fingerprint density at radius 3 is 2.73 bits per heavy atom. The Balaban J connectivity index is 1.60. The van der Waals surface area contributed by atoms with Crippen molar-refractivity contribution in [2.45, 2.75) is 62.9 Å². The molecular weight excluding hydrogens is 528 g/mol. The summed E-state index contributed by atoms with van der Waals surface area (Å²) in [5.41, 5.74) is 0.817. The third-order valence-electron chi connectivity index (χ3n) is 9.02. The van der Waals surface area contributed by atoms with Crippen molar-refractivity contribution in [2.75, 3.05) is 38.2 Å². The highest BCUT2D eigenvalue weighted by Gasteiger charge is 2.49. The van der Waals surface area contributed by atoms with E-state index in [1.807, 2.05) is 12.1 Å². The summed E-state index contributed by atoms with van der Waals surface area (Å²) in [6, 6.07) is 11.2. The monoisotopic (exact) mass is 566 g/mol. The van der Waals surface area contributed by atoms with Gasteiger partial charge in [0.05, 0.1) is 18.2 Å². The number of ether oxygens (including phenoxy) is 1. The maximum Gasteiger partial charge on any atom is 0.341 e. The van der Waals surface area contributed by atoms with E-state index in [4.69, 9.17) is 16.3 Å². The van der Waals surface area contributed by atoms with Crippen LogP contribution in [0.15, 0.2) is 48.6 Å². The van der Waals surface area contributed by atoms with Crippen LogP contribution in [-0.2, 0) is 27.0 Å². The van der Waals surface area contributed by atoms with Gasteiger partial charge < -0.3 is 24.7 Å². The van der Waals surface area contributed by atoms with Crippen LogP contribution in [0.4, 0.5) is 5.69 Å². The fourth-order valence-corrected chi connectivity index (χ4v) is 6.83. The molecule has 2 heterocycles. The molecule has 2 aliphatic heterocycles. The van der Waals surface area contributed by atoms with Crippen molar-refractivity contribution < 1.29 is 24.5 Å². The van der Waals surface area contributed by atoms with Gasteiger partial charge >= 0.3 is 5.97 Å². The van der Waals surface area contributed by atoms with Crippen molar-refractivity contribution >= 4 is 29.2 Å². The number of benzene rings is 2. The van der Waals surface area contributed by atoms with Crippen molar-refractivity contribution in [3.05, 3.63) is 70.3 Å². The lowest BCUT2D eigenvalue weighted by molar-refractivity contribution is -0.172. The number of hydrogen-bond acceptors (Lipinski definition) is 5. The van der Waals surface area contributed by atoms with Crippen LogP contribution in [0.1, 0.15) is 62.1 Å². The van der Waals surface area contributed by atoms with Gasteiger partial charge in [-0.2, -0.15) is 0 Å². The number of amides is 1. The van der Waals surface area contributed by atoms with Crippen LogP contribution in [0.25, 0.3) is 0 Å². The highest BCUT2D eigenvalue weighted by atomic mass is 35.5. The van der Waals surface area contributed by atoms with Gasteiger partial charge in [0.2, 0.25) is 5.91 Å². The number of nitrogens with zero attached hydrogens (tertiary/aromatic N) is 2. The van der Waals surface area contributed by atoms with Crippen molar-refractivity contribution in [2.24, 2.45) is 5.92 Å². The van der Waals surface area contributed by atoms with Crippen molar-refractivity contribution in [3.8, 4) is 5.75 Å². The average Bonchev–Trinajstić information content (AvgIpc) is 3.09. The SMILES string of the molecule is C[C@H]1C(=O)N(C)C/C=C\CCCCCN2C[C@@]3(CCCc4cc(Cl)ccc43)COc3ccc(cc32)[C@]1(O)C(=O)O. The fourth-order valence-electron chi connectivity index (χ4n) is 6.64. The molecule has 8 heteroatoms. The Labute approximate surface area is 241 Å². The predicted molar refractivity (Wildman–Crippen MR) is 156 cm³/mol. The molecule has 0 radical (unpaired) electrons. The summed E-state index contributed by atoms with van der Waals surface area (Å²) in [4.78, 5) is 29.7. The number of hydrogen-bond donors (Lipinski definition) is 2. The van der Waals surface area contributed by atoms with E-state index in [9.17, 15) is 19.8 Å². The number of halogens is 1. The number of likely N-dealkylation sites (N-methyl/N-ethyl adjacent to an activating group) is 1. The third kappa shape index (κ3) is 5.21. The normalized spacial score (nSPS) is 28.4. The number of allylic oxidation sites excluding steroid dienone is 1. The number of carboxylic acid groups (broad SMARTS) is 1. The Morgan fingerprint density at radius 2 is 1.93 bits per heavy atom. The molecule has 3 aliphatic rings. The van der Waals surface area contributed by atoms with Crippen LogP contribution < -0.4 is 9.64 Å². The van der Waals surface area contributed by atoms with Crippen LogP contribution in [-0.4, -0.2) is 60.3 Å². The molecule has 0 fully saturated rings. The first-order chi connectivity index (χ1) is 19.2. The van der Waals surface area contributed by atoms with Crippen molar-refractivity contribution in [1.29, 1.82) is 0 Å². The summed E-state index contributed by atoms with van der Waals surface area (Å²) in [6.07, 6.45) is 11.0. The molecule has 3 atom stereocenters. The van der Waals surface area contributed by atoms with Gasteiger partial charge in [0.25, 0.3) is 0 Å². The number of rotatable bonds is 1. The van der Waals surface area contributed by atoms with Crippen molar-refractivity contribution in [3.63, 3.8) is 0 Å². The van der Waals surface area contributed by atoms with E-state index < -0.39 is 23.4 Å². The van der Waals surface area contributed by atoms with Gasteiger partial charge in [0.15, 0.2) is 5.60 Å². The van der Waals surface area contributed by atoms with E-state index in [-0.39, 0.29) is 11.0 Å². The number of carbonyl (C=O) groups is 2. The lowest BCUT2D eigenvalue weighted by Gasteiger charge is -2.41. The van der Waals surface area contributed by atoms with Gasteiger partial charge in [-0.15, -0.1) is 0 Å². The molecule has 0 aromatic heterocycles. The Bertz CT molecular complexity index is 1310. The lowest BCUT2D eigenvalue weighted by atomic mass is 9.70. The van der Waals surface area contributed by atoms with Gasteiger partial charge in [0.1, 0.15) is 5.75 Å². The Hall–Kier alpha value is -3.03. The first kappa shape index (κ1) is 28.5. The quantitative estimate of drug-likeness (QED) is 0.455. The van der Waals surface area contributed by atoms with E-state index in [0.29, 0.717) is 25.4 Å². The van der Waals surface area contributed by atoms with E-state index in [1.165, 1.54) is 23.0 Å². The predicted octanol–water partition coefficient (Wildman–Crippen LogP) is 5.31. The van der Waals surface area contributed by atoms with Crippen LogP contribution in [0.2, 0.25) is 5.02 Å². The zero-order chi connectivity index (χ0) is 28.5. The molecule has 2 N–H and O–H groups in total. The summed E-state index contributed by atoms with van der Waals surface area (Å²) in [5, 5.41) is 22.7. The molecule has 1 aliphatic carbocycles. The maximum atomic E-state index is 13.3. The molecule has 0 unspecified atom stereocenters. The topological polar surface area (TPSA) is 90.3 Å². The molecule has 1 amide bonds. The minimum atomic E-state index is -2.40. The van der Waals surface area contributed by atoms with E-state index in [0.717, 1.165) is 62.2 Å². The number of fused-ring (bicyclic) bond motifs is 3. The second-order valence-corrected chi connectivity index (χ2v) is 12.1. The number of anilines is 1. The molecule has 40 heavy (non-hydrogen) atoms. The number of aliphatic hydroxyl groups is 1. The molecule has 214 valence electrons. The van der Waals surface area contributed by atoms with E-state index >= 15 is 0 Å². The smallest absolute Gasteiger partial charge is 0.341 e. The average molecular weight is 567 g/mol. The molecule has 5 rings (SSSR count). The van der Waals surface area contributed by atoms with Crippen LogP contribution in [0.3, 0.4) is 0 Å². The van der Waals surface area contributed by atoms with Gasteiger partial charge in [-0.05, 0) is 86.4 Å². The second kappa shape index (κ2) is 11.5. The zero-order valence-corrected chi connectivity index (χ0v) is 24.1. The summed E-state index contributed by atoms with van der Waals surface area (Å²) >= 11 is 6.36. The van der Waals surface area contributed by atoms with E-state index in [2.05, 4.69) is 23.1 Å². The summed E-state index contributed by atoms with van der Waals surface area (Å²) in [7, 11) is 1.63. The summed E-state index contributed by atoms with van der Waals surface area (Å²) in [6.45, 7) is 3.83. The van der Waals surface area contributed by atoms with Crippen LogP contribution >= 0.6 is 11.6 Å². The molecule has 2 aromatic rings. The van der Waals surface area contributed by atoms with E-state index in [1.54, 1.807) is 25.2 Å². The van der Waals surface area contributed by atoms with Crippen LogP contribution in [0, 0.1) is 5.92 Å². The number of aryl methyl sites for hydroxylation is 1. The summed E-state index contributed by atoms with van der Waals surface area (Å²) < 4.78 is 6.50. The summed E-state index contributed by atoms with van der Waals surface area (Å²) in [5.74, 6) is -2.42. The second-order valence-electron chi connectivity index (χ2n) is 11.7. The highest BCUT2D eigenvalue weighted by Crippen LogP contribution is 2.46. The van der Waals surface area contributed by atoms with Gasteiger partial charge in [0, 0.05) is 37.1 Å². The Morgan fingerprint density at radius 1 is 1.10 bits per heavy atom. The first-order valence-corrected chi connectivity index (χ1v) is 14.7. The highest BCUT2D eigenvalue weighted by molar-refractivity contribution is 6.30. The van der Waals surface area contributed by atoms with Crippen molar-refractivity contribution in [1.82, 2.24) is 4.90 Å². The fraction of sp³-hybridized carbons (Fsp3) is 0.500. The minimum Gasteiger partial charge on any atom is -0.490 e. The third-order valence-corrected chi connectivity index (χ3v) is 9.26. The molecule has 0 saturated carbocycles. The zero-order valence-electron chi connectivity index (χ0n) is 23.4. The number of carbonyl (C=O) groups excluding carboxylic acids is 1. The minimum absolute atomic E-state index is 0.177. The lowest BCUT2D eigenvalue weighted by Crippen LogP contribution is -2.49. The standard InChI is InChI=1S/C32H39ClN2O5/c1-22-29(36)34(2)16-7-5-3-4-6-8-17-35-20-31(15-9-10-23-18-25(33)12-13-26(23)31)21-40-28-14-11-24(19-27(28)35)32(22,39)30(37)38/h5,7,11-14,18-19,22,39H,3-4,6,8-10,15-17,20-21H2,1-2H3,(H,37,38)/b7-5-/t22-,31-,32-/m0/s1. The molecule has 0 saturated heterocycles. The van der Waals surface area contributed by atoms with Gasteiger partial charge in [-0.1, -0.05) is 42.3 Å². The van der Waals surface area contributed by atoms with Gasteiger partial charge in [-0.25, -0.2) is 4.79 Å². The molecule has 2 aromatic carbocycles. The Kier molecular flexibility index (Phi) is 8.16. The largest absolute Gasteiger partial charge is 0.490 e. The van der Waals surface area contributed by atoms with Gasteiger partial charge in [-0.3, -0.25) is 4.79 Å². The molecular formula is C32H39ClN2O5. The maximum absolute atomic E-state index is 13.3. The first-order valence-electron chi connectivity index (χ1n) is 14.3. The number of carboxylic acids is 1. The molecule has 2 bridgehead atoms. The molecule has 1 spiro atoms. The van der Waals surface area contributed by atoms with Crippen LogP contribution in [0.5, 0.6) is 5.75 Å². The molecule has 7 nitrogen and oxygen atoms in total.